The molecule has 2 aromatic carbocycles. The highest BCUT2D eigenvalue weighted by atomic mass is 35.5. The van der Waals surface area contributed by atoms with Gasteiger partial charge in [-0.1, -0.05) is 47.5 Å². The Kier molecular flexibility index (Phi) is 5.60. The van der Waals surface area contributed by atoms with Crippen molar-refractivity contribution < 1.29 is 4.79 Å². The van der Waals surface area contributed by atoms with Gasteiger partial charge in [-0.15, -0.1) is 0 Å². The molecule has 2 aromatic heterocycles. The first-order chi connectivity index (χ1) is 14.0. The quantitative estimate of drug-likeness (QED) is 0.421. The van der Waals surface area contributed by atoms with E-state index in [1.54, 1.807) is 12.1 Å². The van der Waals surface area contributed by atoms with Gasteiger partial charge in [-0.25, -0.2) is 0 Å². The lowest BCUT2D eigenvalue weighted by molar-refractivity contribution is -0.116. The fourth-order valence-electron chi connectivity index (χ4n) is 3.33. The first kappa shape index (κ1) is 19.6. The smallest absolute Gasteiger partial charge is 0.225 e. The monoisotopic (exact) mass is 426 g/mol. The van der Waals surface area contributed by atoms with E-state index >= 15 is 0 Å². The van der Waals surface area contributed by atoms with Gasteiger partial charge in [-0.3, -0.25) is 9.48 Å². The molecule has 1 amide bonds. The first-order valence-corrected chi connectivity index (χ1v) is 10.1. The topological polar surface area (TPSA) is 62.7 Å². The number of aromatic nitrogens is 3. The summed E-state index contributed by atoms with van der Waals surface area (Å²) in [6.07, 6.45) is 3.01. The third kappa shape index (κ3) is 4.47. The number of rotatable bonds is 6. The number of carbonyl (C=O) groups is 1. The van der Waals surface area contributed by atoms with Gasteiger partial charge in [-0.2, -0.15) is 5.10 Å². The number of halogens is 2. The van der Waals surface area contributed by atoms with Crippen molar-refractivity contribution in [2.75, 3.05) is 5.32 Å². The molecule has 0 aliphatic carbocycles. The van der Waals surface area contributed by atoms with Crippen LogP contribution >= 0.6 is 23.2 Å². The number of benzene rings is 2. The summed E-state index contributed by atoms with van der Waals surface area (Å²) in [5.74, 6) is 0.473. The molecule has 148 valence electrons. The van der Waals surface area contributed by atoms with Gasteiger partial charge >= 0.3 is 0 Å². The minimum Gasteiger partial charge on any atom is -0.361 e. The average molecular weight is 427 g/mol. The van der Waals surface area contributed by atoms with E-state index in [-0.39, 0.29) is 5.91 Å². The van der Waals surface area contributed by atoms with Crippen LogP contribution in [0.15, 0.2) is 54.7 Å². The van der Waals surface area contributed by atoms with Gasteiger partial charge in [0.05, 0.1) is 6.54 Å². The standard InChI is InChI=1S/C22H20Cl2N4O/c1-14-10-21(27-28(14)13-16-6-8-17(23)11-19(16)24)26-22(29)9-7-15-12-25-20-5-3-2-4-18(15)20/h2-6,8,10-12,25H,7,9,13H2,1H3,(H,26,27,29). The van der Waals surface area contributed by atoms with Crippen LogP contribution in [0.1, 0.15) is 23.2 Å². The highest BCUT2D eigenvalue weighted by molar-refractivity contribution is 6.35. The van der Waals surface area contributed by atoms with Gasteiger partial charge in [0.25, 0.3) is 0 Å². The molecular formula is C22H20Cl2N4O. The van der Waals surface area contributed by atoms with E-state index in [2.05, 4.69) is 21.5 Å². The van der Waals surface area contributed by atoms with Crippen molar-refractivity contribution in [2.45, 2.75) is 26.3 Å². The number of hydrogen-bond donors (Lipinski definition) is 2. The lowest BCUT2D eigenvalue weighted by Crippen LogP contribution is -2.13. The maximum absolute atomic E-state index is 12.4. The fourth-order valence-corrected chi connectivity index (χ4v) is 3.80. The molecule has 2 N–H and O–H groups in total. The average Bonchev–Trinajstić information content (AvgIpc) is 3.25. The number of amides is 1. The van der Waals surface area contributed by atoms with Crippen molar-refractivity contribution in [1.82, 2.24) is 14.8 Å². The number of para-hydroxylation sites is 1. The van der Waals surface area contributed by atoms with Crippen molar-refractivity contribution in [3.63, 3.8) is 0 Å². The second-order valence-electron chi connectivity index (χ2n) is 6.97. The Morgan fingerprint density at radius 3 is 2.79 bits per heavy atom. The molecule has 0 atom stereocenters. The number of nitrogens with zero attached hydrogens (tertiary/aromatic N) is 2. The number of nitrogens with one attached hydrogen (secondary N) is 2. The van der Waals surface area contributed by atoms with Gasteiger partial charge in [0.15, 0.2) is 5.82 Å². The van der Waals surface area contributed by atoms with E-state index in [0.717, 1.165) is 27.7 Å². The molecule has 0 fully saturated rings. The molecule has 0 saturated carbocycles. The van der Waals surface area contributed by atoms with Gasteiger partial charge in [0.2, 0.25) is 5.91 Å². The second-order valence-corrected chi connectivity index (χ2v) is 7.82. The number of anilines is 1. The third-order valence-corrected chi connectivity index (χ3v) is 5.47. The Labute approximate surface area is 178 Å². The molecule has 0 radical (unpaired) electrons. The van der Waals surface area contributed by atoms with Crippen LogP contribution in [-0.4, -0.2) is 20.7 Å². The number of carbonyl (C=O) groups excluding carboxylic acids is 1. The molecule has 4 aromatic rings. The minimum atomic E-state index is -0.0653. The van der Waals surface area contributed by atoms with Crippen LogP contribution in [0.5, 0.6) is 0 Å². The molecule has 0 unspecified atom stereocenters. The molecule has 4 rings (SSSR count). The van der Waals surface area contributed by atoms with Gasteiger partial charge in [0.1, 0.15) is 0 Å². The van der Waals surface area contributed by atoms with E-state index in [1.165, 1.54) is 0 Å². The zero-order chi connectivity index (χ0) is 20.4. The molecular weight excluding hydrogens is 407 g/mol. The predicted octanol–water partition coefficient (Wildman–Crippen LogP) is 5.60. The van der Waals surface area contributed by atoms with Crippen LogP contribution < -0.4 is 5.32 Å². The summed E-state index contributed by atoms with van der Waals surface area (Å²) in [4.78, 5) is 15.6. The van der Waals surface area contributed by atoms with Crippen LogP contribution in [0.25, 0.3) is 10.9 Å². The van der Waals surface area contributed by atoms with Gasteiger partial charge in [0, 0.05) is 45.3 Å². The molecule has 5 nitrogen and oxygen atoms in total. The molecule has 0 spiro atoms. The van der Waals surface area contributed by atoms with E-state index in [4.69, 9.17) is 23.2 Å². The van der Waals surface area contributed by atoms with Crippen LogP contribution in [0.4, 0.5) is 5.82 Å². The van der Waals surface area contributed by atoms with Crippen molar-refractivity contribution in [2.24, 2.45) is 0 Å². The number of hydrogen-bond acceptors (Lipinski definition) is 2. The number of aromatic amines is 1. The molecule has 0 aliphatic heterocycles. The zero-order valence-corrected chi connectivity index (χ0v) is 17.4. The van der Waals surface area contributed by atoms with E-state index in [1.807, 2.05) is 48.1 Å². The molecule has 0 saturated heterocycles. The minimum absolute atomic E-state index is 0.0653. The van der Waals surface area contributed by atoms with Gasteiger partial charge in [-0.05, 0) is 42.7 Å². The SMILES string of the molecule is Cc1cc(NC(=O)CCc2c[nH]c3ccccc23)nn1Cc1ccc(Cl)cc1Cl. The Hall–Kier alpha value is -2.76. The summed E-state index contributed by atoms with van der Waals surface area (Å²) in [6, 6.07) is 15.3. The van der Waals surface area contributed by atoms with Crippen LogP contribution in [0.3, 0.4) is 0 Å². The summed E-state index contributed by atoms with van der Waals surface area (Å²) in [5.41, 5.74) is 4.07. The normalized spacial score (nSPS) is 11.1. The van der Waals surface area contributed by atoms with Crippen molar-refractivity contribution in [1.29, 1.82) is 0 Å². The summed E-state index contributed by atoms with van der Waals surface area (Å²) in [5, 5.41) is 9.72. The Bertz CT molecular complexity index is 1180. The van der Waals surface area contributed by atoms with E-state index in [9.17, 15) is 4.79 Å². The van der Waals surface area contributed by atoms with Crippen LogP contribution in [0.2, 0.25) is 10.0 Å². The molecule has 7 heteroatoms. The Balaban J connectivity index is 1.39. The van der Waals surface area contributed by atoms with Crippen molar-refractivity contribution in [3.05, 3.63) is 81.6 Å². The van der Waals surface area contributed by atoms with Crippen molar-refractivity contribution >= 4 is 45.8 Å². The molecule has 29 heavy (non-hydrogen) atoms. The van der Waals surface area contributed by atoms with E-state index in [0.29, 0.717) is 35.2 Å². The summed E-state index contributed by atoms with van der Waals surface area (Å²) >= 11 is 12.2. The Morgan fingerprint density at radius 1 is 1.14 bits per heavy atom. The van der Waals surface area contributed by atoms with Crippen molar-refractivity contribution in [3.8, 4) is 0 Å². The van der Waals surface area contributed by atoms with E-state index < -0.39 is 0 Å². The lowest BCUT2D eigenvalue weighted by Gasteiger charge is -2.07. The number of H-pyrrole nitrogens is 1. The third-order valence-electron chi connectivity index (χ3n) is 4.88. The van der Waals surface area contributed by atoms with Gasteiger partial charge < -0.3 is 10.3 Å². The predicted molar refractivity (Wildman–Crippen MR) is 118 cm³/mol. The number of fused-ring (bicyclic) bond motifs is 1. The van der Waals surface area contributed by atoms with Crippen LogP contribution in [-0.2, 0) is 17.8 Å². The maximum Gasteiger partial charge on any atom is 0.225 e. The lowest BCUT2D eigenvalue weighted by atomic mass is 10.1. The summed E-state index contributed by atoms with van der Waals surface area (Å²) in [7, 11) is 0. The second kappa shape index (κ2) is 8.31. The molecule has 0 bridgehead atoms. The van der Waals surface area contributed by atoms with Crippen LogP contribution in [0, 0.1) is 6.92 Å². The largest absolute Gasteiger partial charge is 0.361 e. The first-order valence-electron chi connectivity index (χ1n) is 9.33. The highest BCUT2D eigenvalue weighted by Gasteiger charge is 2.11. The molecule has 2 heterocycles. The number of aryl methyl sites for hydroxylation is 2. The summed E-state index contributed by atoms with van der Waals surface area (Å²) in [6.45, 7) is 2.45. The molecule has 0 aliphatic rings. The zero-order valence-electron chi connectivity index (χ0n) is 15.9. The fraction of sp³-hybridized carbons (Fsp3) is 0.182. The maximum atomic E-state index is 12.4. The summed E-state index contributed by atoms with van der Waals surface area (Å²) < 4.78 is 1.81. The highest BCUT2D eigenvalue weighted by Crippen LogP contribution is 2.23. The Morgan fingerprint density at radius 2 is 1.97 bits per heavy atom.